The van der Waals surface area contributed by atoms with Gasteiger partial charge in [0, 0.05) is 23.0 Å². The third-order valence-corrected chi connectivity index (χ3v) is 5.22. The van der Waals surface area contributed by atoms with E-state index in [0.29, 0.717) is 11.3 Å². The molecule has 28 heavy (non-hydrogen) atoms. The molecule has 0 spiro atoms. The molecule has 0 saturated heterocycles. The Kier molecular flexibility index (Phi) is 4.74. The average molecular weight is 374 g/mol. The van der Waals surface area contributed by atoms with Crippen LogP contribution in [-0.4, -0.2) is 17.9 Å². The molecule has 5 heteroatoms. The number of para-hydroxylation sites is 1. The van der Waals surface area contributed by atoms with Crippen LogP contribution in [-0.2, 0) is 6.42 Å². The molecule has 142 valence electrons. The van der Waals surface area contributed by atoms with Crippen LogP contribution >= 0.6 is 0 Å². The highest BCUT2D eigenvalue weighted by atomic mass is 16.3. The molecule has 0 aliphatic carbocycles. The monoisotopic (exact) mass is 374 g/mol. The van der Waals surface area contributed by atoms with E-state index in [0.717, 1.165) is 24.1 Å². The van der Waals surface area contributed by atoms with Crippen molar-refractivity contribution in [2.75, 3.05) is 10.2 Å². The number of nitrogens with one attached hydrogen (secondary N) is 1. The number of nitrogens with zero attached hydrogens (tertiary/aromatic N) is 1. The number of carbonyl (C=O) groups is 2. The molecular weight excluding hydrogens is 352 g/mol. The minimum atomic E-state index is -0.339. The zero-order chi connectivity index (χ0) is 19.7. The standard InChI is InChI=1S/C23H22N2O3/c1-15-9-11-18(14-19(15)24-22(26)21-8-5-13-28-21)23(27)25-16(2)10-12-17-6-3-4-7-20(17)25/h3-9,11,13-14,16H,10,12H2,1-2H3,(H,24,26)/t16-/m0/s1. The fourth-order valence-electron chi connectivity index (χ4n) is 3.62. The molecule has 4 rings (SSSR count). The number of rotatable bonds is 3. The molecule has 1 aliphatic rings. The zero-order valence-corrected chi connectivity index (χ0v) is 15.9. The average Bonchev–Trinajstić information content (AvgIpc) is 3.24. The maximum Gasteiger partial charge on any atom is 0.291 e. The Hall–Kier alpha value is -3.34. The van der Waals surface area contributed by atoms with Gasteiger partial charge in [-0.3, -0.25) is 9.59 Å². The molecule has 1 aromatic heterocycles. The maximum absolute atomic E-state index is 13.3. The molecule has 0 radical (unpaired) electrons. The highest BCUT2D eigenvalue weighted by Crippen LogP contribution is 2.32. The van der Waals surface area contributed by atoms with Gasteiger partial charge in [-0.25, -0.2) is 0 Å². The van der Waals surface area contributed by atoms with E-state index in [-0.39, 0.29) is 23.6 Å². The topological polar surface area (TPSA) is 62.6 Å². The maximum atomic E-state index is 13.3. The van der Waals surface area contributed by atoms with Crippen molar-refractivity contribution in [3.8, 4) is 0 Å². The summed E-state index contributed by atoms with van der Waals surface area (Å²) < 4.78 is 5.15. The van der Waals surface area contributed by atoms with Crippen molar-refractivity contribution in [1.29, 1.82) is 0 Å². The zero-order valence-electron chi connectivity index (χ0n) is 15.9. The number of carbonyl (C=O) groups excluding carboxylic acids is 2. The van der Waals surface area contributed by atoms with Crippen LogP contribution in [0.4, 0.5) is 11.4 Å². The minimum Gasteiger partial charge on any atom is -0.459 e. The van der Waals surface area contributed by atoms with Crippen LogP contribution in [0.25, 0.3) is 0 Å². The van der Waals surface area contributed by atoms with E-state index in [4.69, 9.17) is 4.42 Å². The van der Waals surface area contributed by atoms with Gasteiger partial charge in [-0.2, -0.15) is 0 Å². The largest absolute Gasteiger partial charge is 0.459 e. The number of anilines is 2. The van der Waals surface area contributed by atoms with E-state index in [1.54, 1.807) is 18.2 Å². The van der Waals surface area contributed by atoms with Gasteiger partial charge in [-0.15, -0.1) is 0 Å². The third kappa shape index (κ3) is 3.31. The SMILES string of the molecule is Cc1ccc(C(=O)N2c3ccccc3CC[C@@H]2C)cc1NC(=O)c1ccco1. The molecule has 2 aromatic carbocycles. The molecule has 0 unspecified atom stereocenters. The first-order valence-electron chi connectivity index (χ1n) is 9.41. The van der Waals surface area contributed by atoms with Crippen LogP contribution < -0.4 is 10.2 Å². The van der Waals surface area contributed by atoms with Gasteiger partial charge in [0.25, 0.3) is 11.8 Å². The summed E-state index contributed by atoms with van der Waals surface area (Å²) >= 11 is 0. The van der Waals surface area contributed by atoms with Gasteiger partial charge in [0.05, 0.1) is 6.26 Å². The van der Waals surface area contributed by atoms with E-state index >= 15 is 0 Å². The van der Waals surface area contributed by atoms with Crippen molar-refractivity contribution in [3.63, 3.8) is 0 Å². The lowest BCUT2D eigenvalue weighted by Gasteiger charge is -2.35. The normalized spacial score (nSPS) is 15.8. The predicted octanol–water partition coefficient (Wildman–Crippen LogP) is 4.82. The first kappa shape index (κ1) is 18.0. The van der Waals surface area contributed by atoms with Gasteiger partial charge < -0.3 is 14.6 Å². The van der Waals surface area contributed by atoms with Crippen LogP contribution in [0.2, 0.25) is 0 Å². The summed E-state index contributed by atoms with van der Waals surface area (Å²) in [5.41, 5.74) is 4.18. The van der Waals surface area contributed by atoms with Crippen LogP contribution in [0.15, 0.2) is 65.3 Å². The van der Waals surface area contributed by atoms with E-state index in [2.05, 4.69) is 18.3 Å². The lowest BCUT2D eigenvalue weighted by atomic mass is 9.95. The van der Waals surface area contributed by atoms with Crippen molar-refractivity contribution in [2.24, 2.45) is 0 Å². The van der Waals surface area contributed by atoms with Crippen molar-refractivity contribution in [3.05, 3.63) is 83.3 Å². The van der Waals surface area contributed by atoms with E-state index in [1.165, 1.54) is 11.8 Å². The summed E-state index contributed by atoms with van der Waals surface area (Å²) in [6.07, 6.45) is 3.35. The van der Waals surface area contributed by atoms with Gasteiger partial charge in [-0.05, 0) is 68.1 Å². The predicted molar refractivity (Wildman–Crippen MR) is 109 cm³/mol. The second-order valence-electron chi connectivity index (χ2n) is 7.15. The second-order valence-corrected chi connectivity index (χ2v) is 7.15. The fraction of sp³-hybridized carbons (Fsp3) is 0.217. The Bertz CT molecular complexity index is 1020. The number of hydrogen-bond donors (Lipinski definition) is 1. The lowest BCUT2D eigenvalue weighted by molar-refractivity contribution is 0.0971. The fourth-order valence-corrected chi connectivity index (χ4v) is 3.62. The molecule has 0 bridgehead atoms. The molecule has 0 fully saturated rings. The summed E-state index contributed by atoms with van der Waals surface area (Å²) in [4.78, 5) is 27.5. The van der Waals surface area contributed by atoms with Crippen molar-refractivity contribution < 1.29 is 14.0 Å². The third-order valence-electron chi connectivity index (χ3n) is 5.22. The van der Waals surface area contributed by atoms with Gasteiger partial charge in [-0.1, -0.05) is 24.3 Å². The summed E-state index contributed by atoms with van der Waals surface area (Å²) in [7, 11) is 0. The van der Waals surface area contributed by atoms with E-state index in [1.807, 2.05) is 42.2 Å². The highest BCUT2D eigenvalue weighted by Gasteiger charge is 2.29. The van der Waals surface area contributed by atoms with Crippen LogP contribution in [0.5, 0.6) is 0 Å². The summed E-state index contributed by atoms with van der Waals surface area (Å²) in [6.45, 7) is 3.96. The van der Waals surface area contributed by atoms with Crippen molar-refractivity contribution in [2.45, 2.75) is 32.7 Å². The molecule has 2 heterocycles. The number of hydrogen-bond acceptors (Lipinski definition) is 3. The Morgan fingerprint density at radius 1 is 1.11 bits per heavy atom. The molecule has 1 N–H and O–H groups in total. The van der Waals surface area contributed by atoms with Crippen LogP contribution in [0, 0.1) is 6.92 Å². The van der Waals surface area contributed by atoms with Crippen molar-refractivity contribution in [1.82, 2.24) is 0 Å². The van der Waals surface area contributed by atoms with Gasteiger partial charge in [0.2, 0.25) is 0 Å². The minimum absolute atomic E-state index is 0.0619. The van der Waals surface area contributed by atoms with Gasteiger partial charge >= 0.3 is 0 Å². The quantitative estimate of drug-likeness (QED) is 0.715. The number of fused-ring (bicyclic) bond motifs is 1. The Morgan fingerprint density at radius 2 is 1.93 bits per heavy atom. The first-order chi connectivity index (χ1) is 13.5. The highest BCUT2D eigenvalue weighted by molar-refractivity contribution is 6.09. The molecule has 1 atom stereocenters. The summed E-state index contributed by atoms with van der Waals surface area (Å²) in [6, 6.07) is 16.8. The Labute approximate surface area is 164 Å². The lowest BCUT2D eigenvalue weighted by Crippen LogP contribution is -2.42. The van der Waals surface area contributed by atoms with Gasteiger partial charge in [0.1, 0.15) is 0 Å². The smallest absolute Gasteiger partial charge is 0.291 e. The number of amides is 2. The Balaban J connectivity index is 1.64. The summed E-state index contributed by atoms with van der Waals surface area (Å²) in [5, 5.41) is 2.84. The molecule has 1 aliphatic heterocycles. The summed E-state index contributed by atoms with van der Waals surface area (Å²) in [5.74, 6) is -0.169. The molecule has 5 nitrogen and oxygen atoms in total. The Morgan fingerprint density at radius 3 is 2.71 bits per heavy atom. The first-order valence-corrected chi connectivity index (χ1v) is 9.41. The van der Waals surface area contributed by atoms with E-state index < -0.39 is 0 Å². The van der Waals surface area contributed by atoms with Crippen LogP contribution in [0.1, 0.15) is 45.4 Å². The van der Waals surface area contributed by atoms with Crippen molar-refractivity contribution >= 4 is 23.2 Å². The molecule has 3 aromatic rings. The number of furan rings is 1. The molecule has 2 amide bonds. The number of aryl methyl sites for hydroxylation is 2. The van der Waals surface area contributed by atoms with Gasteiger partial charge in [0.15, 0.2) is 5.76 Å². The molecular formula is C23H22N2O3. The molecule has 0 saturated carbocycles. The number of benzene rings is 2. The second kappa shape index (κ2) is 7.35. The van der Waals surface area contributed by atoms with E-state index in [9.17, 15) is 9.59 Å². The van der Waals surface area contributed by atoms with Crippen LogP contribution in [0.3, 0.4) is 0 Å².